The Balaban J connectivity index is 0.000000640. The Morgan fingerprint density at radius 1 is 1.56 bits per heavy atom. The average Bonchev–Trinajstić information content (AvgIpc) is 1.66. The van der Waals surface area contributed by atoms with Gasteiger partial charge in [0.1, 0.15) is 0 Å². The molecule has 2 N–H and O–H groups in total. The summed E-state index contributed by atoms with van der Waals surface area (Å²) in [6.45, 7) is 0.773. The number of terminal acetylenes is 1. The summed E-state index contributed by atoms with van der Waals surface area (Å²) in [4.78, 5) is 0. The zero-order valence-corrected chi connectivity index (χ0v) is 6.16. The monoisotopic (exact) mass is 145 g/mol. The lowest BCUT2D eigenvalue weighted by Crippen LogP contribution is -2.31. The molecular weight excluding hydrogens is 134 g/mol. The van der Waals surface area contributed by atoms with Crippen molar-refractivity contribution >= 4 is 12.4 Å². The van der Waals surface area contributed by atoms with Gasteiger partial charge in [-0.15, -0.1) is 24.8 Å². The van der Waals surface area contributed by atoms with E-state index in [0.717, 1.165) is 6.54 Å². The second-order valence-corrected chi connectivity index (χ2v) is 2.35. The Morgan fingerprint density at radius 3 is 2.33 bits per heavy atom. The maximum Gasteiger partial charge on any atom is 0.0240 e. The van der Waals surface area contributed by atoms with Crippen molar-refractivity contribution in [3.63, 3.8) is 0 Å². The highest BCUT2D eigenvalue weighted by Gasteiger charge is 2.26. The van der Waals surface area contributed by atoms with Gasteiger partial charge in [-0.3, -0.25) is 0 Å². The van der Waals surface area contributed by atoms with E-state index in [9.17, 15) is 0 Å². The molecule has 1 aliphatic carbocycles. The maximum absolute atomic E-state index is 5.40. The molecule has 0 unspecified atom stereocenters. The zero-order chi connectivity index (χ0) is 5.98. The summed E-state index contributed by atoms with van der Waals surface area (Å²) < 4.78 is 0. The third-order valence-electron chi connectivity index (χ3n) is 1.93. The van der Waals surface area contributed by atoms with Crippen molar-refractivity contribution in [2.45, 2.75) is 12.8 Å². The molecule has 0 spiro atoms. The van der Waals surface area contributed by atoms with E-state index in [1.54, 1.807) is 0 Å². The van der Waals surface area contributed by atoms with Crippen LogP contribution in [0.2, 0.25) is 0 Å². The molecule has 9 heavy (non-hydrogen) atoms. The van der Waals surface area contributed by atoms with Crippen LogP contribution in [0.4, 0.5) is 0 Å². The Bertz CT molecular complexity index is 115. The smallest absolute Gasteiger partial charge is 0.0240 e. The van der Waals surface area contributed by atoms with Crippen LogP contribution < -0.4 is 5.73 Å². The predicted octanol–water partition coefficient (Wildman–Crippen LogP) is 1.03. The zero-order valence-electron chi connectivity index (χ0n) is 5.34. The molecule has 2 heteroatoms. The largest absolute Gasteiger partial charge is 0.330 e. The van der Waals surface area contributed by atoms with Crippen LogP contribution >= 0.6 is 12.4 Å². The van der Waals surface area contributed by atoms with Gasteiger partial charge in [0.05, 0.1) is 0 Å². The van der Waals surface area contributed by atoms with Gasteiger partial charge < -0.3 is 5.73 Å². The van der Waals surface area contributed by atoms with Gasteiger partial charge in [0, 0.05) is 5.92 Å². The van der Waals surface area contributed by atoms with E-state index in [1.807, 2.05) is 0 Å². The van der Waals surface area contributed by atoms with Crippen LogP contribution in [0.5, 0.6) is 0 Å². The van der Waals surface area contributed by atoms with Crippen molar-refractivity contribution in [2.24, 2.45) is 17.6 Å². The van der Waals surface area contributed by atoms with Gasteiger partial charge in [0.25, 0.3) is 0 Å². The molecule has 2 atom stereocenters. The first-order valence-corrected chi connectivity index (χ1v) is 3.04. The van der Waals surface area contributed by atoms with Crippen LogP contribution in [0.15, 0.2) is 0 Å². The van der Waals surface area contributed by atoms with Crippen LogP contribution in [0, 0.1) is 24.2 Å². The van der Waals surface area contributed by atoms with Gasteiger partial charge in [0.2, 0.25) is 0 Å². The Hall–Kier alpha value is -0.190. The lowest BCUT2D eigenvalue weighted by molar-refractivity contribution is 0.246. The number of hydrogen-bond acceptors (Lipinski definition) is 1. The second-order valence-electron chi connectivity index (χ2n) is 2.35. The minimum Gasteiger partial charge on any atom is -0.330 e. The molecule has 1 nitrogen and oxygen atoms in total. The molecule has 1 fully saturated rings. The van der Waals surface area contributed by atoms with Gasteiger partial charge in [-0.2, -0.15) is 0 Å². The predicted molar refractivity (Wildman–Crippen MR) is 41.3 cm³/mol. The maximum atomic E-state index is 5.40. The molecule has 1 saturated carbocycles. The summed E-state index contributed by atoms with van der Waals surface area (Å²) in [5.74, 6) is 3.86. The van der Waals surface area contributed by atoms with E-state index in [0.29, 0.717) is 11.8 Å². The molecule has 0 aromatic rings. The minimum absolute atomic E-state index is 0. The molecule has 0 aromatic heterocycles. The van der Waals surface area contributed by atoms with Crippen LogP contribution in [0.3, 0.4) is 0 Å². The molecule has 0 heterocycles. The molecular formula is C7H12ClN. The summed E-state index contributed by atoms with van der Waals surface area (Å²) in [6.07, 6.45) is 7.63. The molecule has 0 bridgehead atoms. The number of rotatable bonds is 1. The van der Waals surface area contributed by atoms with Crippen LogP contribution in [-0.2, 0) is 0 Å². The highest BCUT2D eigenvalue weighted by atomic mass is 35.5. The standard InChI is InChI=1S/C7H11N.ClH/c1-2-6-3-4-7(6)5-8;/h1,6-7H,3-5,8H2;1H/t6-,7-;/m0./s1. The van der Waals surface area contributed by atoms with Gasteiger partial charge in [-0.25, -0.2) is 0 Å². The number of halogens is 1. The van der Waals surface area contributed by atoms with E-state index < -0.39 is 0 Å². The van der Waals surface area contributed by atoms with E-state index in [2.05, 4.69) is 5.92 Å². The molecule has 52 valence electrons. The second kappa shape index (κ2) is 3.76. The SMILES string of the molecule is C#C[C@H]1CC[C@H]1CN.Cl. The molecule has 1 rings (SSSR count). The Morgan fingerprint density at radius 2 is 2.22 bits per heavy atom. The van der Waals surface area contributed by atoms with Gasteiger partial charge in [0.15, 0.2) is 0 Å². The highest BCUT2D eigenvalue weighted by molar-refractivity contribution is 5.85. The normalized spacial score (nSPS) is 31.6. The summed E-state index contributed by atoms with van der Waals surface area (Å²) in [5.41, 5.74) is 5.40. The fraction of sp³-hybridized carbons (Fsp3) is 0.714. The summed E-state index contributed by atoms with van der Waals surface area (Å²) in [5, 5.41) is 0. The van der Waals surface area contributed by atoms with Crippen LogP contribution in [0.25, 0.3) is 0 Å². The van der Waals surface area contributed by atoms with E-state index >= 15 is 0 Å². The van der Waals surface area contributed by atoms with Crippen LogP contribution in [0.1, 0.15) is 12.8 Å². The minimum atomic E-state index is 0. The van der Waals surface area contributed by atoms with Gasteiger partial charge >= 0.3 is 0 Å². The Labute approximate surface area is 62.4 Å². The van der Waals surface area contributed by atoms with Crippen molar-refractivity contribution in [2.75, 3.05) is 6.54 Å². The summed E-state index contributed by atoms with van der Waals surface area (Å²) in [6, 6.07) is 0. The third kappa shape index (κ3) is 1.61. The molecule has 0 radical (unpaired) electrons. The summed E-state index contributed by atoms with van der Waals surface area (Å²) in [7, 11) is 0. The summed E-state index contributed by atoms with van der Waals surface area (Å²) >= 11 is 0. The first-order chi connectivity index (χ1) is 3.88. The first kappa shape index (κ1) is 8.81. The molecule has 0 amide bonds. The van der Waals surface area contributed by atoms with E-state index in [1.165, 1.54) is 12.8 Å². The third-order valence-corrected chi connectivity index (χ3v) is 1.93. The van der Waals surface area contributed by atoms with Crippen molar-refractivity contribution in [3.05, 3.63) is 0 Å². The highest BCUT2D eigenvalue weighted by Crippen LogP contribution is 2.32. The number of hydrogen-bond donors (Lipinski definition) is 1. The topological polar surface area (TPSA) is 26.0 Å². The fourth-order valence-corrected chi connectivity index (χ4v) is 1.07. The Kier molecular flexibility index (Phi) is 3.68. The average molecular weight is 146 g/mol. The van der Waals surface area contributed by atoms with Gasteiger partial charge in [-0.05, 0) is 25.3 Å². The van der Waals surface area contributed by atoms with Crippen molar-refractivity contribution in [3.8, 4) is 12.3 Å². The van der Waals surface area contributed by atoms with Crippen molar-refractivity contribution < 1.29 is 0 Å². The first-order valence-electron chi connectivity index (χ1n) is 3.04. The quantitative estimate of drug-likeness (QED) is 0.548. The lowest BCUT2D eigenvalue weighted by Gasteiger charge is -2.31. The van der Waals surface area contributed by atoms with Gasteiger partial charge in [-0.1, -0.05) is 0 Å². The van der Waals surface area contributed by atoms with Crippen molar-refractivity contribution in [1.29, 1.82) is 0 Å². The molecule has 0 aromatic carbocycles. The molecule has 0 saturated heterocycles. The van der Waals surface area contributed by atoms with Crippen LogP contribution in [-0.4, -0.2) is 6.54 Å². The number of nitrogens with two attached hydrogens (primary N) is 1. The van der Waals surface area contributed by atoms with Crippen molar-refractivity contribution in [1.82, 2.24) is 0 Å². The molecule has 1 aliphatic rings. The lowest BCUT2D eigenvalue weighted by atomic mass is 9.74. The molecule has 0 aliphatic heterocycles. The van der Waals surface area contributed by atoms with E-state index in [-0.39, 0.29) is 12.4 Å². The van der Waals surface area contributed by atoms with E-state index in [4.69, 9.17) is 12.2 Å². The fourth-order valence-electron chi connectivity index (χ4n) is 1.07.